The number of hydrogen-bond donors (Lipinski definition) is 0. The van der Waals surface area contributed by atoms with E-state index >= 15 is 0 Å². The van der Waals surface area contributed by atoms with Gasteiger partial charge in [-0.15, -0.1) is 10.2 Å². The molecule has 0 N–H and O–H groups in total. The Labute approximate surface area is 160 Å². The maximum absolute atomic E-state index is 15.0. The molecule has 0 aliphatic carbocycles. The Kier molecular flexibility index (Phi) is 4.69. The summed E-state index contributed by atoms with van der Waals surface area (Å²) in [6.07, 6.45) is 0.444. The van der Waals surface area contributed by atoms with E-state index in [2.05, 4.69) is 20.4 Å². The lowest BCUT2D eigenvalue weighted by atomic mass is 9.87. The molecule has 0 bridgehead atoms. The number of aryl methyl sites for hydroxylation is 1. The fourth-order valence-electron chi connectivity index (χ4n) is 3.29. The van der Waals surface area contributed by atoms with Crippen molar-refractivity contribution >= 4 is 28.0 Å². The summed E-state index contributed by atoms with van der Waals surface area (Å²) in [4.78, 5) is 14.6. The van der Waals surface area contributed by atoms with Gasteiger partial charge in [0.05, 0.1) is 17.6 Å². The van der Waals surface area contributed by atoms with Gasteiger partial charge in [-0.25, -0.2) is 4.39 Å². The molecule has 4 rings (SSSR count). The molecule has 0 unspecified atom stereocenters. The summed E-state index contributed by atoms with van der Waals surface area (Å²) in [7, 11) is 1.94. The van der Waals surface area contributed by atoms with Crippen LogP contribution in [0.25, 0.3) is 21.5 Å². The Morgan fingerprint density at radius 2 is 1.96 bits per heavy atom. The van der Waals surface area contributed by atoms with Crippen molar-refractivity contribution in [3.8, 4) is 10.6 Å². The van der Waals surface area contributed by atoms with Gasteiger partial charge < -0.3 is 4.90 Å². The number of benzene rings is 1. The van der Waals surface area contributed by atoms with Crippen molar-refractivity contribution in [3.05, 3.63) is 35.0 Å². The third-order valence-electron chi connectivity index (χ3n) is 5.03. The molecule has 0 saturated carbocycles. The van der Waals surface area contributed by atoms with Crippen molar-refractivity contribution in [2.75, 3.05) is 20.1 Å². The van der Waals surface area contributed by atoms with Gasteiger partial charge in [0, 0.05) is 36.9 Å². The van der Waals surface area contributed by atoms with Crippen LogP contribution in [-0.4, -0.2) is 56.9 Å². The van der Waals surface area contributed by atoms with Gasteiger partial charge in [-0.05, 0) is 38.2 Å². The van der Waals surface area contributed by atoms with E-state index in [4.69, 9.17) is 0 Å². The van der Waals surface area contributed by atoms with Crippen LogP contribution in [0.15, 0.2) is 24.3 Å². The molecular formula is C19H20FN5OS. The van der Waals surface area contributed by atoms with Crippen LogP contribution in [0.5, 0.6) is 0 Å². The molecule has 2 aromatic heterocycles. The summed E-state index contributed by atoms with van der Waals surface area (Å²) in [6, 6.07) is 7.57. The number of halogens is 1. The minimum Gasteiger partial charge on any atom is -0.306 e. The standard InChI is InChI=1S/C19H20FN5OS/c1-12-21-24-18(27-12)13-3-4-16-14(9-13)10-15(22-23-16)11-17(26)19(20)5-7-25(2)8-6-19/h3-4,9-10H,5-8,11H2,1-2H3. The summed E-state index contributed by atoms with van der Waals surface area (Å²) < 4.78 is 15.0. The molecule has 0 radical (unpaired) electrons. The molecule has 1 aliphatic heterocycles. The van der Waals surface area contributed by atoms with Crippen molar-refractivity contribution in [1.29, 1.82) is 0 Å². The number of ketones is 1. The Balaban J connectivity index is 1.58. The van der Waals surface area contributed by atoms with Crippen molar-refractivity contribution in [2.24, 2.45) is 0 Å². The molecule has 0 spiro atoms. The molecule has 1 fully saturated rings. The van der Waals surface area contributed by atoms with Gasteiger partial charge in [0.1, 0.15) is 10.0 Å². The van der Waals surface area contributed by atoms with Gasteiger partial charge in [0.15, 0.2) is 11.5 Å². The minimum absolute atomic E-state index is 0.0364. The predicted octanol–water partition coefficient (Wildman–Crippen LogP) is 3.00. The van der Waals surface area contributed by atoms with E-state index in [1.807, 2.05) is 43.1 Å². The zero-order valence-corrected chi connectivity index (χ0v) is 16.1. The quantitative estimate of drug-likeness (QED) is 0.688. The Hall–Kier alpha value is -2.32. The van der Waals surface area contributed by atoms with Crippen molar-refractivity contribution in [1.82, 2.24) is 25.3 Å². The van der Waals surface area contributed by atoms with Crippen LogP contribution in [0.2, 0.25) is 0 Å². The highest BCUT2D eigenvalue weighted by atomic mass is 32.1. The fraction of sp³-hybridized carbons (Fsp3) is 0.421. The predicted molar refractivity (Wildman–Crippen MR) is 102 cm³/mol. The molecule has 3 aromatic rings. The number of likely N-dealkylation sites (tertiary alicyclic amines) is 1. The van der Waals surface area contributed by atoms with Gasteiger partial charge in [-0.3, -0.25) is 4.79 Å². The van der Waals surface area contributed by atoms with E-state index in [0.29, 0.717) is 18.8 Å². The zero-order valence-electron chi connectivity index (χ0n) is 15.3. The first-order chi connectivity index (χ1) is 12.9. The number of nitrogens with zero attached hydrogens (tertiary/aromatic N) is 5. The topological polar surface area (TPSA) is 71.9 Å². The third-order valence-corrected chi connectivity index (χ3v) is 5.92. The summed E-state index contributed by atoms with van der Waals surface area (Å²) in [6.45, 7) is 3.10. The van der Waals surface area contributed by atoms with E-state index in [9.17, 15) is 9.18 Å². The van der Waals surface area contributed by atoms with Gasteiger partial charge in [0.25, 0.3) is 0 Å². The monoisotopic (exact) mass is 385 g/mol. The molecule has 0 atom stereocenters. The molecular weight excluding hydrogens is 365 g/mol. The highest BCUT2D eigenvalue weighted by molar-refractivity contribution is 7.14. The average Bonchev–Trinajstić information content (AvgIpc) is 3.10. The van der Waals surface area contributed by atoms with E-state index in [0.717, 1.165) is 26.5 Å². The summed E-state index contributed by atoms with van der Waals surface area (Å²) in [5.74, 6) is -0.403. The Morgan fingerprint density at radius 3 is 2.67 bits per heavy atom. The number of aromatic nitrogens is 4. The summed E-state index contributed by atoms with van der Waals surface area (Å²) in [5, 5.41) is 19.1. The maximum atomic E-state index is 15.0. The second-order valence-electron chi connectivity index (χ2n) is 7.10. The van der Waals surface area contributed by atoms with Crippen LogP contribution in [-0.2, 0) is 11.2 Å². The molecule has 3 heterocycles. The maximum Gasteiger partial charge on any atom is 0.176 e. The van der Waals surface area contributed by atoms with Crippen LogP contribution in [0.4, 0.5) is 4.39 Å². The SMILES string of the molecule is Cc1nnc(-c2ccc3nnc(CC(=O)C4(F)CCN(C)CC4)cc3c2)s1. The summed E-state index contributed by atoms with van der Waals surface area (Å²) in [5.41, 5.74) is 0.407. The Bertz CT molecular complexity index is 997. The smallest absolute Gasteiger partial charge is 0.176 e. The largest absolute Gasteiger partial charge is 0.306 e. The first kappa shape index (κ1) is 18.1. The van der Waals surface area contributed by atoms with Gasteiger partial charge in [0.2, 0.25) is 0 Å². The van der Waals surface area contributed by atoms with Crippen LogP contribution in [0.1, 0.15) is 23.5 Å². The zero-order chi connectivity index (χ0) is 19.0. The second kappa shape index (κ2) is 7.01. The van der Waals surface area contributed by atoms with E-state index in [-0.39, 0.29) is 19.3 Å². The van der Waals surface area contributed by atoms with E-state index in [1.54, 1.807) is 0 Å². The number of fused-ring (bicyclic) bond motifs is 1. The van der Waals surface area contributed by atoms with Crippen LogP contribution < -0.4 is 0 Å². The number of alkyl halides is 1. The molecule has 140 valence electrons. The van der Waals surface area contributed by atoms with E-state index in [1.165, 1.54) is 11.3 Å². The van der Waals surface area contributed by atoms with Gasteiger partial charge in [-0.2, -0.15) is 10.2 Å². The Morgan fingerprint density at radius 1 is 1.19 bits per heavy atom. The molecule has 1 saturated heterocycles. The normalized spacial score (nSPS) is 17.3. The number of Topliss-reactive ketones (excluding diaryl/α,β-unsaturated/α-hetero) is 1. The molecule has 1 aliphatic rings. The number of carbonyl (C=O) groups is 1. The molecule has 8 heteroatoms. The lowest BCUT2D eigenvalue weighted by molar-refractivity contribution is -0.132. The van der Waals surface area contributed by atoms with Crippen LogP contribution in [0, 0.1) is 6.92 Å². The van der Waals surface area contributed by atoms with Crippen molar-refractivity contribution < 1.29 is 9.18 Å². The highest BCUT2D eigenvalue weighted by Gasteiger charge is 2.40. The van der Waals surface area contributed by atoms with Crippen molar-refractivity contribution in [2.45, 2.75) is 31.9 Å². The third kappa shape index (κ3) is 3.72. The second-order valence-corrected chi connectivity index (χ2v) is 8.29. The number of hydrogen-bond acceptors (Lipinski definition) is 7. The fourth-order valence-corrected chi connectivity index (χ4v) is 3.98. The number of piperidine rings is 1. The highest BCUT2D eigenvalue weighted by Crippen LogP contribution is 2.29. The molecule has 27 heavy (non-hydrogen) atoms. The lowest BCUT2D eigenvalue weighted by Crippen LogP contribution is -2.45. The first-order valence-corrected chi connectivity index (χ1v) is 9.72. The number of carbonyl (C=O) groups excluding carboxylic acids is 1. The summed E-state index contributed by atoms with van der Waals surface area (Å²) >= 11 is 1.52. The van der Waals surface area contributed by atoms with E-state index < -0.39 is 11.5 Å². The van der Waals surface area contributed by atoms with Gasteiger partial charge in [-0.1, -0.05) is 11.3 Å². The minimum atomic E-state index is -1.75. The lowest BCUT2D eigenvalue weighted by Gasteiger charge is -2.33. The van der Waals surface area contributed by atoms with Crippen LogP contribution in [0.3, 0.4) is 0 Å². The average molecular weight is 385 g/mol. The van der Waals surface area contributed by atoms with Gasteiger partial charge >= 0.3 is 0 Å². The van der Waals surface area contributed by atoms with Crippen molar-refractivity contribution in [3.63, 3.8) is 0 Å². The van der Waals surface area contributed by atoms with Crippen LogP contribution >= 0.6 is 11.3 Å². The first-order valence-electron chi connectivity index (χ1n) is 8.91. The molecule has 0 amide bonds. The molecule has 6 nitrogen and oxygen atoms in total. The molecule has 1 aromatic carbocycles. The number of rotatable bonds is 4.